The molecule has 1 aliphatic carbocycles. The molecule has 35 heavy (non-hydrogen) atoms. The highest BCUT2D eigenvalue weighted by Crippen LogP contribution is 2.44. The van der Waals surface area contributed by atoms with Crippen LogP contribution in [0.1, 0.15) is 63.0 Å². The van der Waals surface area contributed by atoms with E-state index in [1.165, 1.54) is 22.3 Å². The highest BCUT2D eigenvalue weighted by Gasteiger charge is 2.48. The topological polar surface area (TPSA) is 95.9 Å². The standard InChI is InChI=1S/C28H34N2O5/c1-3-28(26(32)33)14-8-16-30(28)25(31)17-19(2)13-15-29-27(34)35-18-24-22-11-6-4-9-20(22)21-10-5-7-12-23(21)24/h4-7,9-12,19,24H,3,8,13-18H2,1-2H3,(H,29,34)(H,32,33). The summed E-state index contributed by atoms with van der Waals surface area (Å²) in [4.78, 5) is 38.6. The van der Waals surface area contributed by atoms with Gasteiger partial charge in [0.15, 0.2) is 0 Å². The van der Waals surface area contributed by atoms with Crippen molar-refractivity contribution in [2.75, 3.05) is 19.7 Å². The minimum atomic E-state index is -1.07. The zero-order valence-corrected chi connectivity index (χ0v) is 20.5. The average Bonchev–Trinajstić information content (AvgIpc) is 3.43. The first kappa shape index (κ1) is 24.8. The maximum atomic E-state index is 12.8. The molecule has 2 aromatic carbocycles. The first-order valence-corrected chi connectivity index (χ1v) is 12.5. The minimum absolute atomic E-state index is 0.0122. The van der Waals surface area contributed by atoms with E-state index in [0.717, 1.165) is 0 Å². The molecule has 0 radical (unpaired) electrons. The summed E-state index contributed by atoms with van der Waals surface area (Å²) < 4.78 is 5.56. The Morgan fingerprint density at radius 1 is 1.11 bits per heavy atom. The number of aliphatic carboxylic acids is 1. The van der Waals surface area contributed by atoms with Gasteiger partial charge in [-0.2, -0.15) is 0 Å². The van der Waals surface area contributed by atoms with Crippen LogP contribution in [0.5, 0.6) is 0 Å². The molecule has 2 aliphatic rings. The number of likely N-dealkylation sites (tertiary alicyclic amines) is 1. The molecule has 0 spiro atoms. The number of benzene rings is 2. The monoisotopic (exact) mass is 478 g/mol. The zero-order chi connectivity index (χ0) is 25.0. The van der Waals surface area contributed by atoms with E-state index in [-0.39, 0.29) is 30.8 Å². The van der Waals surface area contributed by atoms with Crippen LogP contribution in [-0.4, -0.2) is 53.2 Å². The third-order valence-electron chi connectivity index (χ3n) is 7.55. The van der Waals surface area contributed by atoms with Gasteiger partial charge < -0.3 is 20.1 Å². The molecule has 2 unspecified atom stereocenters. The summed E-state index contributed by atoms with van der Waals surface area (Å²) in [6.07, 6.45) is 2.02. The molecule has 0 saturated carbocycles. The summed E-state index contributed by atoms with van der Waals surface area (Å²) >= 11 is 0. The minimum Gasteiger partial charge on any atom is -0.479 e. The fourth-order valence-corrected chi connectivity index (χ4v) is 5.56. The Labute approximate surface area is 206 Å². The first-order chi connectivity index (χ1) is 16.9. The second-order valence-electron chi connectivity index (χ2n) is 9.69. The summed E-state index contributed by atoms with van der Waals surface area (Å²) in [6.45, 7) is 4.91. The molecule has 2 amide bonds. The van der Waals surface area contributed by atoms with Gasteiger partial charge in [-0.05, 0) is 53.9 Å². The zero-order valence-electron chi connectivity index (χ0n) is 20.5. The second-order valence-corrected chi connectivity index (χ2v) is 9.69. The molecular weight excluding hydrogens is 444 g/mol. The predicted molar refractivity (Wildman–Crippen MR) is 133 cm³/mol. The summed E-state index contributed by atoms with van der Waals surface area (Å²) in [6, 6.07) is 16.4. The van der Waals surface area contributed by atoms with Gasteiger partial charge in [0.25, 0.3) is 0 Å². The van der Waals surface area contributed by atoms with Crippen LogP contribution in [0.4, 0.5) is 4.79 Å². The highest BCUT2D eigenvalue weighted by atomic mass is 16.5. The molecule has 1 heterocycles. The van der Waals surface area contributed by atoms with Gasteiger partial charge in [-0.3, -0.25) is 4.79 Å². The van der Waals surface area contributed by atoms with E-state index in [9.17, 15) is 19.5 Å². The molecule has 0 aromatic heterocycles. The van der Waals surface area contributed by atoms with Gasteiger partial charge in [-0.15, -0.1) is 0 Å². The van der Waals surface area contributed by atoms with Crippen LogP contribution in [0, 0.1) is 5.92 Å². The van der Waals surface area contributed by atoms with Crippen LogP contribution in [0.3, 0.4) is 0 Å². The molecule has 186 valence electrons. The third kappa shape index (κ3) is 4.90. The molecule has 2 atom stereocenters. The number of amides is 2. The van der Waals surface area contributed by atoms with E-state index >= 15 is 0 Å². The second kappa shape index (κ2) is 10.5. The van der Waals surface area contributed by atoms with Gasteiger partial charge >= 0.3 is 12.1 Å². The van der Waals surface area contributed by atoms with Crippen LogP contribution in [-0.2, 0) is 14.3 Å². The number of carbonyl (C=O) groups is 3. The van der Waals surface area contributed by atoms with Crippen molar-refractivity contribution in [3.63, 3.8) is 0 Å². The first-order valence-electron chi connectivity index (χ1n) is 12.5. The van der Waals surface area contributed by atoms with Crippen molar-refractivity contribution in [1.29, 1.82) is 0 Å². The Bertz CT molecular complexity index is 1050. The van der Waals surface area contributed by atoms with E-state index in [2.05, 4.69) is 29.6 Å². The smallest absolute Gasteiger partial charge is 0.407 e. The van der Waals surface area contributed by atoms with Crippen molar-refractivity contribution in [2.24, 2.45) is 5.92 Å². The number of fused-ring (bicyclic) bond motifs is 3. The number of nitrogens with zero attached hydrogens (tertiary/aromatic N) is 1. The van der Waals surface area contributed by atoms with Crippen molar-refractivity contribution in [2.45, 2.75) is 57.4 Å². The van der Waals surface area contributed by atoms with E-state index in [1.54, 1.807) is 4.90 Å². The number of ether oxygens (including phenoxy) is 1. The summed E-state index contributed by atoms with van der Waals surface area (Å²) in [5.41, 5.74) is 3.63. The quantitative estimate of drug-likeness (QED) is 0.540. The number of carboxylic acids is 1. The summed E-state index contributed by atoms with van der Waals surface area (Å²) in [5, 5.41) is 12.5. The Morgan fingerprint density at radius 2 is 1.74 bits per heavy atom. The number of rotatable bonds is 9. The molecule has 7 nitrogen and oxygen atoms in total. The van der Waals surface area contributed by atoms with Crippen LogP contribution in [0.2, 0.25) is 0 Å². The van der Waals surface area contributed by atoms with Crippen molar-refractivity contribution >= 4 is 18.0 Å². The predicted octanol–water partition coefficient (Wildman–Crippen LogP) is 4.80. The van der Waals surface area contributed by atoms with Gasteiger partial charge in [0.2, 0.25) is 5.91 Å². The highest BCUT2D eigenvalue weighted by molar-refractivity contribution is 5.88. The average molecular weight is 479 g/mol. The van der Waals surface area contributed by atoms with Crippen LogP contribution in [0.15, 0.2) is 48.5 Å². The molecule has 4 rings (SSSR count). The van der Waals surface area contributed by atoms with Crippen LogP contribution in [0.25, 0.3) is 11.1 Å². The van der Waals surface area contributed by atoms with Gasteiger partial charge in [0, 0.05) is 25.4 Å². The maximum absolute atomic E-state index is 12.8. The third-order valence-corrected chi connectivity index (χ3v) is 7.55. The van der Waals surface area contributed by atoms with Gasteiger partial charge in [-0.25, -0.2) is 9.59 Å². The lowest BCUT2D eigenvalue weighted by molar-refractivity contribution is -0.157. The summed E-state index contributed by atoms with van der Waals surface area (Å²) in [5.74, 6) is -1.02. The number of alkyl carbamates (subject to hydrolysis) is 1. The molecule has 1 aliphatic heterocycles. The molecule has 2 N–H and O–H groups in total. The number of carboxylic acid groups (broad SMARTS) is 1. The lowest BCUT2D eigenvalue weighted by atomic mass is 9.92. The molecule has 2 aromatic rings. The van der Waals surface area contributed by atoms with E-state index in [1.807, 2.05) is 38.1 Å². The van der Waals surface area contributed by atoms with Crippen molar-refractivity contribution in [3.8, 4) is 11.1 Å². The fourth-order valence-electron chi connectivity index (χ4n) is 5.56. The lowest BCUT2D eigenvalue weighted by Gasteiger charge is -2.34. The van der Waals surface area contributed by atoms with Gasteiger partial charge in [0.05, 0.1) is 0 Å². The molecular formula is C28H34N2O5. The van der Waals surface area contributed by atoms with E-state index in [0.29, 0.717) is 38.8 Å². The Balaban J connectivity index is 1.24. The molecule has 1 saturated heterocycles. The van der Waals surface area contributed by atoms with Crippen LogP contribution < -0.4 is 5.32 Å². The van der Waals surface area contributed by atoms with Crippen molar-refractivity contribution in [1.82, 2.24) is 10.2 Å². The van der Waals surface area contributed by atoms with E-state index in [4.69, 9.17) is 4.74 Å². The largest absolute Gasteiger partial charge is 0.479 e. The number of hydrogen-bond donors (Lipinski definition) is 2. The maximum Gasteiger partial charge on any atom is 0.407 e. The van der Waals surface area contributed by atoms with E-state index < -0.39 is 17.6 Å². The van der Waals surface area contributed by atoms with Crippen molar-refractivity contribution in [3.05, 3.63) is 59.7 Å². The molecule has 7 heteroatoms. The fraction of sp³-hybridized carbons (Fsp3) is 0.464. The Kier molecular flexibility index (Phi) is 7.43. The molecule has 0 bridgehead atoms. The Morgan fingerprint density at radius 3 is 2.34 bits per heavy atom. The SMILES string of the molecule is CCC1(C(=O)O)CCCN1C(=O)CC(C)CCNC(=O)OCC1c2ccccc2-c2ccccc21. The summed E-state index contributed by atoms with van der Waals surface area (Å²) in [7, 11) is 0. The lowest BCUT2D eigenvalue weighted by Crippen LogP contribution is -2.52. The van der Waals surface area contributed by atoms with Gasteiger partial charge in [-0.1, -0.05) is 62.4 Å². The number of hydrogen-bond acceptors (Lipinski definition) is 4. The number of nitrogens with one attached hydrogen (secondary N) is 1. The molecule has 1 fully saturated rings. The van der Waals surface area contributed by atoms with Crippen LogP contribution >= 0.6 is 0 Å². The van der Waals surface area contributed by atoms with Gasteiger partial charge in [0.1, 0.15) is 12.1 Å². The van der Waals surface area contributed by atoms with Crippen molar-refractivity contribution < 1.29 is 24.2 Å². The number of carbonyl (C=O) groups excluding carboxylic acids is 2. The Hall–Kier alpha value is -3.35. The normalized spacial score (nSPS) is 19.7.